The Kier molecular flexibility index (Phi) is 4.86. The maximum atomic E-state index is 9.44. The first-order valence-electron chi connectivity index (χ1n) is 5.98. The first-order valence-corrected chi connectivity index (χ1v) is 7.15. The molecule has 1 aliphatic rings. The van der Waals surface area contributed by atoms with Crippen molar-refractivity contribution < 1.29 is 5.11 Å². The van der Waals surface area contributed by atoms with Crippen LogP contribution in [0, 0.1) is 5.92 Å². The fourth-order valence-electron chi connectivity index (χ4n) is 2.32. The number of aliphatic hydroxyl groups is 1. The van der Waals surface area contributed by atoms with Crippen molar-refractivity contribution in [2.75, 3.05) is 6.54 Å². The Bertz CT molecular complexity index is 386. The van der Waals surface area contributed by atoms with Crippen molar-refractivity contribution in [3.8, 4) is 0 Å². The first kappa shape index (κ1) is 13.3. The largest absolute Gasteiger partial charge is 0.393 e. The lowest BCUT2D eigenvalue weighted by Gasteiger charge is -2.12. The lowest BCUT2D eigenvalue weighted by Crippen LogP contribution is -2.21. The lowest BCUT2D eigenvalue weighted by molar-refractivity contribution is 0.177. The molecule has 1 saturated carbocycles. The molecule has 0 aromatic heterocycles. The normalized spacial score (nSPS) is 24.2. The molecule has 2 N–H and O–H groups in total. The van der Waals surface area contributed by atoms with Gasteiger partial charge in [-0.2, -0.15) is 0 Å². The molecule has 0 spiro atoms. The molecule has 0 bridgehead atoms. The van der Waals surface area contributed by atoms with Gasteiger partial charge < -0.3 is 10.4 Å². The summed E-state index contributed by atoms with van der Waals surface area (Å²) in [6.45, 7) is 1.78. The van der Waals surface area contributed by atoms with Gasteiger partial charge in [0.25, 0.3) is 0 Å². The van der Waals surface area contributed by atoms with Gasteiger partial charge in [0.05, 0.1) is 6.10 Å². The summed E-state index contributed by atoms with van der Waals surface area (Å²) in [5.41, 5.74) is 1.18. The molecule has 0 saturated heterocycles. The smallest absolute Gasteiger partial charge is 0.0543 e. The van der Waals surface area contributed by atoms with Gasteiger partial charge in [0, 0.05) is 16.0 Å². The second kappa shape index (κ2) is 6.19. The summed E-state index contributed by atoms with van der Waals surface area (Å²) in [7, 11) is 0. The summed E-state index contributed by atoms with van der Waals surface area (Å²) < 4.78 is 1.08. The number of hydrogen-bond acceptors (Lipinski definition) is 2. The van der Waals surface area contributed by atoms with E-state index in [0.717, 1.165) is 41.8 Å². The Balaban J connectivity index is 1.80. The number of aliphatic hydroxyl groups excluding tert-OH is 1. The summed E-state index contributed by atoms with van der Waals surface area (Å²) in [6, 6.07) is 5.82. The van der Waals surface area contributed by atoms with Crippen LogP contribution in [0.15, 0.2) is 22.7 Å². The molecule has 17 heavy (non-hydrogen) atoms. The van der Waals surface area contributed by atoms with E-state index in [2.05, 4.69) is 21.2 Å². The highest BCUT2D eigenvalue weighted by Gasteiger charge is 2.22. The minimum Gasteiger partial charge on any atom is -0.393 e. The van der Waals surface area contributed by atoms with Crippen LogP contribution in [-0.2, 0) is 6.54 Å². The number of hydrogen-bond donors (Lipinski definition) is 2. The molecule has 2 nitrogen and oxygen atoms in total. The standard InChI is InChI=1S/C13H17BrClNO/c14-13-4-2-11(15)6-10(13)8-16-7-9-1-3-12(17)5-9/h2,4,6,9,12,16-17H,1,3,5,7-8H2. The number of rotatable bonds is 4. The molecule has 2 rings (SSSR count). The minimum absolute atomic E-state index is 0.0836. The highest BCUT2D eigenvalue weighted by Crippen LogP contribution is 2.25. The Hall–Kier alpha value is -0.0900. The number of nitrogens with one attached hydrogen (secondary N) is 1. The summed E-state index contributed by atoms with van der Waals surface area (Å²) >= 11 is 9.48. The van der Waals surface area contributed by atoms with Crippen molar-refractivity contribution in [2.45, 2.75) is 31.9 Å². The van der Waals surface area contributed by atoms with Crippen LogP contribution in [0.2, 0.25) is 5.02 Å². The monoisotopic (exact) mass is 317 g/mol. The third-order valence-electron chi connectivity index (χ3n) is 3.27. The summed E-state index contributed by atoms with van der Waals surface area (Å²) in [4.78, 5) is 0. The van der Waals surface area contributed by atoms with E-state index in [-0.39, 0.29) is 6.10 Å². The molecule has 2 unspecified atom stereocenters. The highest BCUT2D eigenvalue weighted by molar-refractivity contribution is 9.10. The van der Waals surface area contributed by atoms with Crippen molar-refractivity contribution in [3.05, 3.63) is 33.3 Å². The Labute approximate surface area is 115 Å². The van der Waals surface area contributed by atoms with Crippen LogP contribution in [0.3, 0.4) is 0 Å². The van der Waals surface area contributed by atoms with E-state index in [1.165, 1.54) is 5.56 Å². The fraction of sp³-hybridized carbons (Fsp3) is 0.538. The predicted molar refractivity (Wildman–Crippen MR) is 74.2 cm³/mol. The van der Waals surface area contributed by atoms with Crippen LogP contribution < -0.4 is 5.32 Å². The van der Waals surface area contributed by atoms with Crippen molar-refractivity contribution in [2.24, 2.45) is 5.92 Å². The molecule has 1 aromatic rings. The summed E-state index contributed by atoms with van der Waals surface area (Å²) in [5, 5.41) is 13.6. The third kappa shape index (κ3) is 3.95. The Morgan fingerprint density at radius 2 is 2.24 bits per heavy atom. The topological polar surface area (TPSA) is 32.3 Å². The van der Waals surface area contributed by atoms with Crippen molar-refractivity contribution >= 4 is 27.5 Å². The van der Waals surface area contributed by atoms with Crippen LogP contribution >= 0.6 is 27.5 Å². The van der Waals surface area contributed by atoms with E-state index in [1.807, 2.05) is 18.2 Å². The van der Waals surface area contributed by atoms with E-state index in [1.54, 1.807) is 0 Å². The third-order valence-corrected chi connectivity index (χ3v) is 4.28. The molecule has 0 radical (unpaired) electrons. The van der Waals surface area contributed by atoms with E-state index < -0.39 is 0 Å². The summed E-state index contributed by atoms with van der Waals surface area (Å²) in [5.74, 6) is 0.614. The van der Waals surface area contributed by atoms with Gasteiger partial charge in [-0.25, -0.2) is 0 Å². The van der Waals surface area contributed by atoms with Crippen LogP contribution in [0.4, 0.5) is 0 Å². The maximum absolute atomic E-state index is 9.44. The van der Waals surface area contributed by atoms with Gasteiger partial charge >= 0.3 is 0 Å². The van der Waals surface area contributed by atoms with E-state index >= 15 is 0 Å². The van der Waals surface area contributed by atoms with Gasteiger partial charge in [0.1, 0.15) is 0 Å². The quantitative estimate of drug-likeness (QED) is 0.892. The summed E-state index contributed by atoms with van der Waals surface area (Å²) in [6.07, 6.45) is 2.93. The second-order valence-corrected chi connectivity index (χ2v) is 5.99. The molecule has 94 valence electrons. The average Bonchev–Trinajstić information content (AvgIpc) is 2.69. The molecule has 0 aliphatic heterocycles. The Morgan fingerprint density at radius 3 is 2.94 bits per heavy atom. The highest BCUT2D eigenvalue weighted by atomic mass is 79.9. The van der Waals surface area contributed by atoms with Crippen molar-refractivity contribution in [3.63, 3.8) is 0 Å². The molecule has 0 heterocycles. The lowest BCUT2D eigenvalue weighted by atomic mass is 10.1. The van der Waals surface area contributed by atoms with E-state index in [0.29, 0.717) is 5.92 Å². The molecular weight excluding hydrogens is 302 g/mol. The molecule has 0 amide bonds. The van der Waals surface area contributed by atoms with Gasteiger partial charge in [-0.05, 0) is 55.5 Å². The molecular formula is C13H17BrClNO. The molecule has 1 aliphatic carbocycles. The zero-order valence-corrected chi connectivity index (χ0v) is 12.0. The van der Waals surface area contributed by atoms with Crippen molar-refractivity contribution in [1.82, 2.24) is 5.32 Å². The first-order chi connectivity index (χ1) is 8.15. The van der Waals surface area contributed by atoms with E-state index in [9.17, 15) is 5.11 Å². The van der Waals surface area contributed by atoms with Gasteiger partial charge in [-0.3, -0.25) is 0 Å². The van der Waals surface area contributed by atoms with Crippen LogP contribution in [0.25, 0.3) is 0 Å². The zero-order valence-electron chi connectivity index (χ0n) is 9.63. The number of benzene rings is 1. The van der Waals surface area contributed by atoms with Crippen LogP contribution in [-0.4, -0.2) is 17.8 Å². The zero-order chi connectivity index (χ0) is 12.3. The SMILES string of the molecule is OC1CCC(CNCc2cc(Cl)ccc2Br)C1. The van der Waals surface area contributed by atoms with Gasteiger partial charge in [-0.15, -0.1) is 0 Å². The van der Waals surface area contributed by atoms with Gasteiger partial charge in [0.15, 0.2) is 0 Å². The predicted octanol–water partition coefficient (Wildman–Crippen LogP) is 3.35. The molecule has 1 aromatic carbocycles. The van der Waals surface area contributed by atoms with Gasteiger partial charge in [-0.1, -0.05) is 27.5 Å². The average molecular weight is 319 g/mol. The van der Waals surface area contributed by atoms with Gasteiger partial charge in [0.2, 0.25) is 0 Å². The molecule has 2 atom stereocenters. The maximum Gasteiger partial charge on any atom is 0.0543 e. The van der Waals surface area contributed by atoms with Crippen LogP contribution in [0.1, 0.15) is 24.8 Å². The Morgan fingerprint density at radius 1 is 1.41 bits per heavy atom. The van der Waals surface area contributed by atoms with Crippen molar-refractivity contribution in [1.29, 1.82) is 0 Å². The minimum atomic E-state index is -0.0836. The van der Waals surface area contributed by atoms with E-state index in [4.69, 9.17) is 11.6 Å². The van der Waals surface area contributed by atoms with Crippen LogP contribution in [0.5, 0.6) is 0 Å². The second-order valence-electron chi connectivity index (χ2n) is 4.70. The number of halogens is 2. The molecule has 1 fully saturated rings. The fourth-order valence-corrected chi connectivity index (χ4v) is 2.91. The molecule has 4 heteroatoms.